The number of hydrogen-bond donors (Lipinski definition) is 1. The molecule has 1 amide bonds. The van der Waals surface area contributed by atoms with Crippen molar-refractivity contribution in [2.75, 3.05) is 5.32 Å². The molecule has 106 valence electrons. The average Bonchev–Trinajstić information content (AvgIpc) is 2.86. The van der Waals surface area contributed by atoms with Crippen LogP contribution < -0.4 is 10.7 Å². The molecule has 1 aromatic heterocycles. The van der Waals surface area contributed by atoms with E-state index in [1.54, 1.807) is 24.3 Å². The third kappa shape index (κ3) is 1.85. The number of rotatable bonds is 1. The summed E-state index contributed by atoms with van der Waals surface area (Å²) in [5.74, 6) is -0.214. The van der Waals surface area contributed by atoms with E-state index in [-0.39, 0.29) is 11.3 Å². The largest absolute Gasteiger partial charge is 0.463 e. The third-order valence-electron chi connectivity index (χ3n) is 3.72. The van der Waals surface area contributed by atoms with Crippen LogP contribution in [-0.4, -0.2) is 5.91 Å². The Kier molecular flexibility index (Phi) is 2.69. The summed E-state index contributed by atoms with van der Waals surface area (Å²) in [5.41, 5.74) is 2.76. The fraction of sp³-hybridized carbons (Fsp3) is 0. The number of amides is 1. The maximum Gasteiger partial charge on any atom is 0.256 e. The predicted octanol–water partition coefficient (Wildman–Crippen LogP) is 3.29. The maximum atomic E-state index is 12.5. The summed E-state index contributed by atoms with van der Waals surface area (Å²) >= 11 is 0. The summed E-state index contributed by atoms with van der Waals surface area (Å²) in [6.45, 7) is 0. The first-order valence-electron chi connectivity index (χ1n) is 6.87. The first-order chi connectivity index (χ1) is 10.7. The molecule has 0 bridgehead atoms. The molecule has 4 rings (SSSR count). The molecule has 2 aromatic carbocycles. The monoisotopic (exact) mass is 289 g/mol. The molecular weight excluding hydrogens is 278 g/mol. The van der Waals surface area contributed by atoms with Crippen molar-refractivity contribution < 1.29 is 9.21 Å². The molecule has 0 atom stereocenters. The van der Waals surface area contributed by atoms with Gasteiger partial charge in [0.05, 0.1) is 10.9 Å². The molecule has 0 spiro atoms. The van der Waals surface area contributed by atoms with Crippen molar-refractivity contribution in [2.45, 2.75) is 0 Å². The van der Waals surface area contributed by atoms with Crippen molar-refractivity contribution in [1.82, 2.24) is 0 Å². The smallest absolute Gasteiger partial charge is 0.256 e. The minimum atomic E-state index is -0.214. The van der Waals surface area contributed by atoms with Gasteiger partial charge < -0.3 is 9.73 Å². The van der Waals surface area contributed by atoms with Gasteiger partial charge in [-0.25, -0.2) is 0 Å². The predicted molar refractivity (Wildman–Crippen MR) is 85.4 cm³/mol. The lowest BCUT2D eigenvalue weighted by molar-refractivity contribution is -0.110. The fourth-order valence-corrected chi connectivity index (χ4v) is 2.63. The zero-order valence-corrected chi connectivity index (χ0v) is 11.5. The minimum absolute atomic E-state index is 0.147. The maximum absolute atomic E-state index is 12.5. The molecule has 0 aliphatic carbocycles. The van der Waals surface area contributed by atoms with Gasteiger partial charge in [0.1, 0.15) is 11.8 Å². The Morgan fingerprint density at radius 3 is 2.64 bits per heavy atom. The summed E-state index contributed by atoms with van der Waals surface area (Å²) in [7, 11) is 0. The van der Waals surface area contributed by atoms with Crippen LogP contribution in [-0.2, 0) is 4.79 Å². The molecule has 2 heterocycles. The highest BCUT2D eigenvalue weighted by atomic mass is 16.3. The van der Waals surface area contributed by atoms with Gasteiger partial charge in [-0.1, -0.05) is 30.3 Å². The number of hydrogen-bond acceptors (Lipinski definition) is 3. The van der Waals surface area contributed by atoms with Crippen LogP contribution in [0.5, 0.6) is 0 Å². The Bertz CT molecular complexity index is 998. The lowest BCUT2D eigenvalue weighted by Crippen LogP contribution is -2.07. The Morgan fingerprint density at radius 2 is 1.73 bits per heavy atom. The molecule has 3 aromatic rings. The van der Waals surface area contributed by atoms with Crippen molar-refractivity contribution in [3.8, 4) is 0 Å². The van der Waals surface area contributed by atoms with E-state index in [0.29, 0.717) is 22.1 Å². The highest BCUT2D eigenvalue weighted by molar-refractivity contribution is 6.34. The van der Waals surface area contributed by atoms with Gasteiger partial charge in [0.2, 0.25) is 0 Å². The van der Waals surface area contributed by atoms with Gasteiger partial charge in [0.15, 0.2) is 5.43 Å². The zero-order chi connectivity index (χ0) is 15.1. The van der Waals surface area contributed by atoms with Crippen LogP contribution in [0.2, 0.25) is 0 Å². The van der Waals surface area contributed by atoms with Crippen LogP contribution in [0.4, 0.5) is 5.69 Å². The van der Waals surface area contributed by atoms with Crippen LogP contribution >= 0.6 is 0 Å². The minimum Gasteiger partial charge on any atom is -0.463 e. The van der Waals surface area contributed by atoms with E-state index in [2.05, 4.69) is 5.32 Å². The quantitative estimate of drug-likeness (QED) is 0.699. The molecule has 0 unspecified atom stereocenters. The number of benzene rings is 2. The average molecular weight is 289 g/mol. The summed E-state index contributed by atoms with van der Waals surface area (Å²) < 4.78 is 5.48. The highest BCUT2D eigenvalue weighted by Gasteiger charge is 2.23. The third-order valence-corrected chi connectivity index (χ3v) is 3.72. The Morgan fingerprint density at radius 1 is 0.955 bits per heavy atom. The van der Waals surface area contributed by atoms with Crippen LogP contribution in [0.25, 0.3) is 22.6 Å². The number of carbonyl (C=O) groups is 1. The second kappa shape index (κ2) is 4.70. The van der Waals surface area contributed by atoms with Crippen LogP contribution in [0, 0.1) is 0 Å². The van der Waals surface area contributed by atoms with E-state index < -0.39 is 0 Å². The van der Waals surface area contributed by atoms with Crippen molar-refractivity contribution in [2.24, 2.45) is 0 Å². The molecular formula is C18H11NO3. The van der Waals surface area contributed by atoms with Gasteiger partial charge in [-0.05, 0) is 24.3 Å². The van der Waals surface area contributed by atoms with Gasteiger partial charge in [0.25, 0.3) is 5.91 Å². The summed E-state index contributed by atoms with van der Waals surface area (Å²) in [6.07, 6.45) is 2.98. The number of anilines is 1. The molecule has 1 N–H and O–H groups in total. The van der Waals surface area contributed by atoms with Crippen molar-refractivity contribution >= 4 is 34.2 Å². The van der Waals surface area contributed by atoms with E-state index in [4.69, 9.17) is 4.42 Å². The van der Waals surface area contributed by atoms with E-state index in [0.717, 1.165) is 11.3 Å². The molecule has 0 saturated heterocycles. The first-order valence-corrected chi connectivity index (χ1v) is 6.87. The second-order valence-electron chi connectivity index (χ2n) is 5.07. The van der Waals surface area contributed by atoms with Crippen LogP contribution in [0.1, 0.15) is 11.1 Å². The highest BCUT2D eigenvalue weighted by Crippen LogP contribution is 2.32. The number of nitrogens with one attached hydrogen (secondary N) is 1. The Balaban J connectivity index is 1.92. The number of para-hydroxylation sites is 2. The summed E-state index contributed by atoms with van der Waals surface area (Å²) in [5, 5.41) is 3.29. The molecule has 0 saturated carbocycles. The second-order valence-corrected chi connectivity index (χ2v) is 5.07. The summed E-state index contributed by atoms with van der Waals surface area (Å²) in [4.78, 5) is 24.6. The Labute approximate surface area is 125 Å². The fourth-order valence-electron chi connectivity index (χ4n) is 2.63. The first kappa shape index (κ1) is 12.6. The van der Waals surface area contributed by atoms with E-state index >= 15 is 0 Å². The van der Waals surface area contributed by atoms with E-state index in [1.165, 1.54) is 6.26 Å². The van der Waals surface area contributed by atoms with Gasteiger partial charge in [-0.3, -0.25) is 9.59 Å². The van der Waals surface area contributed by atoms with Gasteiger partial charge in [-0.2, -0.15) is 0 Å². The molecule has 1 aliphatic rings. The normalized spacial score (nSPS) is 15.1. The van der Waals surface area contributed by atoms with Crippen molar-refractivity contribution in [1.29, 1.82) is 0 Å². The molecule has 0 radical (unpaired) electrons. The SMILES string of the molecule is O=C1Nc2ccccc2/C1=C/c1coc2ccccc2c1=O. The summed E-state index contributed by atoms with van der Waals surface area (Å²) in [6, 6.07) is 14.4. The van der Waals surface area contributed by atoms with E-state index in [9.17, 15) is 9.59 Å². The van der Waals surface area contributed by atoms with Crippen LogP contribution in [0.3, 0.4) is 0 Å². The topological polar surface area (TPSA) is 59.3 Å². The number of carbonyl (C=O) groups excluding carboxylic acids is 1. The molecule has 4 nitrogen and oxygen atoms in total. The van der Waals surface area contributed by atoms with Gasteiger partial charge in [-0.15, -0.1) is 0 Å². The molecule has 4 heteroatoms. The molecule has 22 heavy (non-hydrogen) atoms. The molecule has 1 aliphatic heterocycles. The van der Waals surface area contributed by atoms with Crippen molar-refractivity contribution in [3.63, 3.8) is 0 Å². The number of fused-ring (bicyclic) bond motifs is 2. The standard InChI is InChI=1S/C18H11NO3/c20-17-11(10-22-16-8-4-2-6-13(16)17)9-14-12-5-1-3-7-15(12)19-18(14)21/h1-10H,(H,19,21)/b14-9-. The van der Waals surface area contributed by atoms with Gasteiger partial charge in [0, 0.05) is 16.8 Å². The lowest BCUT2D eigenvalue weighted by atomic mass is 10.0. The Hall–Kier alpha value is -3.14. The molecule has 0 fully saturated rings. The van der Waals surface area contributed by atoms with Crippen molar-refractivity contribution in [3.05, 3.63) is 76.1 Å². The van der Waals surface area contributed by atoms with Gasteiger partial charge >= 0.3 is 0 Å². The lowest BCUT2D eigenvalue weighted by Gasteiger charge is -2.00. The van der Waals surface area contributed by atoms with Crippen LogP contribution in [0.15, 0.2) is 64.0 Å². The van der Waals surface area contributed by atoms with E-state index in [1.807, 2.05) is 30.3 Å². The zero-order valence-electron chi connectivity index (χ0n) is 11.5.